The highest BCUT2D eigenvalue weighted by molar-refractivity contribution is 7.80. The van der Waals surface area contributed by atoms with Gasteiger partial charge in [-0.1, -0.05) is 32.9 Å². The van der Waals surface area contributed by atoms with E-state index < -0.39 is 5.41 Å². The van der Waals surface area contributed by atoms with Crippen LogP contribution in [-0.2, 0) is 11.3 Å². The highest BCUT2D eigenvalue weighted by Gasteiger charge is 2.21. The van der Waals surface area contributed by atoms with Crippen LogP contribution in [0.3, 0.4) is 0 Å². The molecule has 0 spiro atoms. The van der Waals surface area contributed by atoms with Crippen molar-refractivity contribution in [2.24, 2.45) is 5.41 Å². The molecule has 21 heavy (non-hydrogen) atoms. The monoisotopic (exact) mass is 308 g/mol. The minimum Gasteiger partial charge on any atom is -0.491 e. The van der Waals surface area contributed by atoms with Gasteiger partial charge in [0.25, 0.3) is 0 Å². The van der Waals surface area contributed by atoms with E-state index in [-0.39, 0.29) is 12.0 Å². The van der Waals surface area contributed by atoms with Gasteiger partial charge in [-0.05, 0) is 43.8 Å². The number of carbonyl (C=O) groups excluding carboxylic acids is 1. The molecule has 116 valence electrons. The summed E-state index contributed by atoms with van der Waals surface area (Å²) >= 11 is 5.11. The van der Waals surface area contributed by atoms with Crippen molar-refractivity contribution in [2.75, 3.05) is 0 Å². The van der Waals surface area contributed by atoms with Crippen molar-refractivity contribution in [3.8, 4) is 5.75 Å². The number of nitrogens with one attached hydrogen (secondary N) is 2. The van der Waals surface area contributed by atoms with Crippen molar-refractivity contribution in [1.29, 1.82) is 0 Å². The lowest BCUT2D eigenvalue weighted by molar-refractivity contribution is -0.126. The summed E-state index contributed by atoms with van der Waals surface area (Å²) in [5.41, 5.74) is 0.611. The minimum atomic E-state index is -0.457. The lowest BCUT2D eigenvalue weighted by atomic mass is 9.96. The Hall–Kier alpha value is -1.62. The van der Waals surface area contributed by atoms with Crippen LogP contribution in [0, 0.1) is 5.41 Å². The molecule has 4 nitrogen and oxygen atoms in total. The summed E-state index contributed by atoms with van der Waals surface area (Å²) in [7, 11) is 0. The Morgan fingerprint density at radius 3 is 2.29 bits per heavy atom. The number of ether oxygens (including phenoxy) is 1. The Labute approximate surface area is 132 Å². The number of benzene rings is 1. The molecule has 0 bridgehead atoms. The molecule has 5 heteroatoms. The van der Waals surface area contributed by atoms with E-state index in [4.69, 9.17) is 17.0 Å². The molecule has 0 saturated heterocycles. The molecular weight excluding hydrogens is 284 g/mol. The minimum absolute atomic E-state index is 0.0966. The van der Waals surface area contributed by atoms with E-state index in [1.54, 1.807) is 0 Å². The predicted octanol–water partition coefficient (Wildman–Crippen LogP) is 3.01. The lowest BCUT2D eigenvalue weighted by Crippen LogP contribution is -2.44. The number of amides is 1. The zero-order valence-corrected chi connectivity index (χ0v) is 14.1. The fourth-order valence-electron chi connectivity index (χ4n) is 1.48. The van der Waals surface area contributed by atoms with Crippen molar-refractivity contribution in [3.05, 3.63) is 29.8 Å². The number of hydrogen-bond donors (Lipinski definition) is 2. The normalized spacial score (nSPS) is 11.1. The van der Waals surface area contributed by atoms with E-state index >= 15 is 0 Å². The van der Waals surface area contributed by atoms with E-state index in [9.17, 15) is 4.79 Å². The van der Waals surface area contributed by atoms with Crippen molar-refractivity contribution in [3.63, 3.8) is 0 Å². The number of rotatable bonds is 4. The fraction of sp³-hybridized carbons (Fsp3) is 0.500. The molecule has 0 fully saturated rings. The second-order valence-corrected chi connectivity index (χ2v) is 6.61. The lowest BCUT2D eigenvalue weighted by Gasteiger charge is -2.18. The summed E-state index contributed by atoms with van der Waals surface area (Å²) in [6.07, 6.45) is 0.161. The van der Waals surface area contributed by atoms with E-state index in [2.05, 4.69) is 10.6 Å². The van der Waals surface area contributed by atoms with Gasteiger partial charge >= 0.3 is 0 Å². The average Bonchev–Trinajstić information content (AvgIpc) is 2.36. The van der Waals surface area contributed by atoms with Gasteiger partial charge in [0.1, 0.15) is 5.75 Å². The van der Waals surface area contributed by atoms with Gasteiger partial charge < -0.3 is 15.4 Å². The second-order valence-electron chi connectivity index (χ2n) is 6.20. The molecule has 1 aromatic carbocycles. The Morgan fingerprint density at radius 2 is 1.81 bits per heavy atom. The van der Waals surface area contributed by atoms with Crippen LogP contribution in [0.2, 0.25) is 0 Å². The maximum absolute atomic E-state index is 11.8. The first-order chi connectivity index (χ1) is 9.68. The Balaban J connectivity index is 2.45. The van der Waals surface area contributed by atoms with Gasteiger partial charge in [0.05, 0.1) is 6.10 Å². The summed E-state index contributed by atoms with van der Waals surface area (Å²) in [5, 5.41) is 6.05. The molecule has 0 heterocycles. The third kappa shape index (κ3) is 6.58. The van der Waals surface area contributed by atoms with Gasteiger partial charge in [0.15, 0.2) is 5.11 Å². The van der Waals surface area contributed by atoms with Gasteiger partial charge in [0.2, 0.25) is 5.91 Å². The quantitative estimate of drug-likeness (QED) is 0.840. The van der Waals surface area contributed by atoms with Crippen LogP contribution in [0.1, 0.15) is 40.2 Å². The van der Waals surface area contributed by atoms with E-state index in [0.29, 0.717) is 11.7 Å². The molecule has 0 radical (unpaired) electrons. The third-order valence-corrected chi connectivity index (χ3v) is 2.90. The van der Waals surface area contributed by atoms with Crippen LogP contribution < -0.4 is 15.4 Å². The fourth-order valence-corrected chi connectivity index (χ4v) is 1.64. The molecule has 0 aliphatic rings. The molecular formula is C16H24N2O2S. The van der Waals surface area contributed by atoms with E-state index in [1.807, 2.05) is 58.9 Å². The second kappa shape index (κ2) is 7.41. The van der Waals surface area contributed by atoms with Gasteiger partial charge in [-0.15, -0.1) is 0 Å². The highest BCUT2D eigenvalue weighted by atomic mass is 32.1. The first kappa shape index (κ1) is 17.4. The molecule has 1 amide bonds. The molecule has 0 unspecified atom stereocenters. The van der Waals surface area contributed by atoms with Crippen molar-refractivity contribution < 1.29 is 9.53 Å². The Morgan fingerprint density at radius 1 is 1.24 bits per heavy atom. The zero-order valence-electron chi connectivity index (χ0n) is 13.3. The van der Waals surface area contributed by atoms with Crippen LogP contribution in [0.25, 0.3) is 0 Å². The zero-order chi connectivity index (χ0) is 16.0. The maximum Gasteiger partial charge on any atom is 0.231 e. The van der Waals surface area contributed by atoms with Crippen LogP contribution in [0.5, 0.6) is 5.75 Å². The summed E-state index contributed by atoms with van der Waals surface area (Å²) in [5.74, 6) is 0.748. The Kier molecular flexibility index (Phi) is 6.15. The number of carbonyl (C=O) groups is 1. The molecule has 2 N–H and O–H groups in total. The summed E-state index contributed by atoms with van der Waals surface area (Å²) in [6, 6.07) is 7.79. The van der Waals surface area contributed by atoms with Crippen LogP contribution in [0.4, 0.5) is 0 Å². The predicted molar refractivity (Wildman–Crippen MR) is 89.2 cm³/mol. The van der Waals surface area contributed by atoms with Crippen LogP contribution >= 0.6 is 12.2 Å². The first-order valence-corrected chi connectivity index (χ1v) is 7.44. The maximum atomic E-state index is 11.8. The largest absolute Gasteiger partial charge is 0.491 e. The molecule has 0 aliphatic carbocycles. The molecule has 0 aliphatic heterocycles. The smallest absolute Gasteiger partial charge is 0.231 e. The molecule has 1 rings (SSSR count). The van der Waals surface area contributed by atoms with Gasteiger partial charge in [-0.25, -0.2) is 0 Å². The topological polar surface area (TPSA) is 50.4 Å². The summed E-state index contributed by atoms with van der Waals surface area (Å²) < 4.78 is 5.58. The molecule has 0 saturated carbocycles. The van der Waals surface area contributed by atoms with Gasteiger partial charge in [0, 0.05) is 12.0 Å². The van der Waals surface area contributed by atoms with Crippen LogP contribution in [-0.4, -0.2) is 17.1 Å². The van der Waals surface area contributed by atoms with Crippen molar-refractivity contribution >= 4 is 23.2 Å². The number of hydrogen-bond acceptors (Lipinski definition) is 3. The third-order valence-electron chi connectivity index (χ3n) is 2.66. The summed E-state index contributed by atoms with van der Waals surface area (Å²) in [4.78, 5) is 11.8. The van der Waals surface area contributed by atoms with Crippen molar-refractivity contribution in [1.82, 2.24) is 10.6 Å². The van der Waals surface area contributed by atoms with Gasteiger partial charge in [-0.2, -0.15) is 0 Å². The first-order valence-electron chi connectivity index (χ1n) is 7.03. The van der Waals surface area contributed by atoms with Gasteiger partial charge in [-0.3, -0.25) is 4.79 Å². The van der Waals surface area contributed by atoms with Crippen molar-refractivity contribution in [2.45, 2.75) is 47.3 Å². The Bertz CT molecular complexity index is 490. The molecule has 1 aromatic rings. The molecule has 0 atom stereocenters. The highest BCUT2D eigenvalue weighted by Crippen LogP contribution is 2.14. The SMILES string of the molecule is CC(C)Oc1ccc(CNC(=S)NC(=O)C(C)(C)C)cc1. The van der Waals surface area contributed by atoms with E-state index in [0.717, 1.165) is 11.3 Å². The average molecular weight is 308 g/mol. The van der Waals surface area contributed by atoms with Crippen LogP contribution in [0.15, 0.2) is 24.3 Å². The van der Waals surface area contributed by atoms with E-state index in [1.165, 1.54) is 0 Å². The molecule has 0 aromatic heterocycles. The summed E-state index contributed by atoms with van der Waals surface area (Å²) in [6.45, 7) is 10.1. The standard InChI is InChI=1S/C16H24N2O2S/c1-11(2)20-13-8-6-12(7-9-13)10-17-15(21)18-14(19)16(3,4)5/h6-9,11H,10H2,1-5H3,(H2,17,18,19,21). The number of thiocarbonyl (C=S) groups is 1.